The topological polar surface area (TPSA) is 58.6 Å². The van der Waals surface area contributed by atoms with Crippen molar-refractivity contribution < 1.29 is 14.3 Å². The summed E-state index contributed by atoms with van der Waals surface area (Å²) in [6.45, 7) is 2.10. The lowest BCUT2D eigenvalue weighted by Gasteiger charge is -2.44. The Morgan fingerprint density at radius 1 is 1.26 bits per heavy atom. The van der Waals surface area contributed by atoms with Gasteiger partial charge in [-0.1, -0.05) is 0 Å². The van der Waals surface area contributed by atoms with Crippen molar-refractivity contribution in [3.63, 3.8) is 0 Å². The van der Waals surface area contributed by atoms with Crippen LogP contribution in [0.5, 0.6) is 0 Å². The number of hydrogen-bond donors (Lipinski definition) is 1. The van der Waals surface area contributed by atoms with Crippen molar-refractivity contribution in [1.82, 2.24) is 10.2 Å². The van der Waals surface area contributed by atoms with E-state index in [9.17, 15) is 9.59 Å². The summed E-state index contributed by atoms with van der Waals surface area (Å²) in [6, 6.07) is 0.121. The highest BCUT2D eigenvalue weighted by molar-refractivity contribution is 5.98. The van der Waals surface area contributed by atoms with E-state index in [2.05, 4.69) is 5.32 Å². The minimum atomic E-state index is -0.669. The number of ether oxygens (including phenoxy) is 1. The van der Waals surface area contributed by atoms with Crippen LogP contribution >= 0.6 is 0 Å². The van der Waals surface area contributed by atoms with Crippen LogP contribution in [0.4, 0.5) is 0 Å². The van der Waals surface area contributed by atoms with Gasteiger partial charge in [-0.15, -0.1) is 0 Å². The summed E-state index contributed by atoms with van der Waals surface area (Å²) in [6.07, 6.45) is 5.59. The van der Waals surface area contributed by atoms with Gasteiger partial charge in [0.25, 0.3) is 0 Å². The highest BCUT2D eigenvalue weighted by Crippen LogP contribution is 2.44. The van der Waals surface area contributed by atoms with E-state index in [1.54, 1.807) is 4.90 Å². The predicted octanol–water partition coefficient (Wildman–Crippen LogP) is 0.433. The molecule has 4 fully saturated rings. The quantitative estimate of drug-likeness (QED) is 0.787. The third-order valence-electron chi connectivity index (χ3n) is 5.29. The van der Waals surface area contributed by atoms with Gasteiger partial charge in [0.05, 0.1) is 18.2 Å². The lowest BCUT2D eigenvalue weighted by molar-refractivity contribution is -0.153. The van der Waals surface area contributed by atoms with Crippen LogP contribution in [0.2, 0.25) is 0 Å². The number of carbonyl (C=O) groups excluding carboxylic acids is 2. The Kier molecular flexibility index (Phi) is 2.29. The average Bonchev–Trinajstić information content (AvgIpc) is 3.04. The molecule has 3 aliphatic heterocycles. The number of amides is 2. The molecule has 2 bridgehead atoms. The number of piperazine rings is 1. The molecule has 1 saturated carbocycles. The van der Waals surface area contributed by atoms with Crippen molar-refractivity contribution in [3.8, 4) is 0 Å². The van der Waals surface area contributed by atoms with Gasteiger partial charge in [-0.2, -0.15) is 0 Å². The standard InChI is InChI=1S/C14H20N2O3/c1-14(8-2-3-8)13(18)16(7-12(17)15-14)10-6-9-4-5-11(10)19-9/h8-11H,2-7H2,1H3,(H,15,17). The van der Waals surface area contributed by atoms with E-state index in [0.29, 0.717) is 12.0 Å². The Balaban J connectivity index is 1.60. The van der Waals surface area contributed by atoms with E-state index in [0.717, 1.165) is 32.1 Å². The lowest BCUT2D eigenvalue weighted by Crippen LogP contribution is -2.69. The summed E-state index contributed by atoms with van der Waals surface area (Å²) in [5.41, 5.74) is -0.669. The van der Waals surface area contributed by atoms with E-state index in [1.807, 2.05) is 6.92 Å². The maximum atomic E-state index is 12.8. The molecule has 0 aromatic rings. The Morgan fingerprint density at radius 3 is 2.63 bits per heavy atom. The molecule has 5 nitrogen and oxygen atoms in total. The van der Waals surface area contributed by atoms with Gasteiger partial charge in [0.2, 0.25) is 11.8 Å². The van der Waals surface area contributed by atoms with Gasteiger partial charge in [0.1, 0.15) is 12.1 Å². The molecule has 0 aromatic carbocycles. The van der Waals surface area contributed by atoms with Crippen LogP contribution in [-0.2, 0) is 14.3 Å². The van der Waals surface area contributed by atoms with Gasteiger partial charge in [-0.3, -0.25) is 9.59 Å². The number of nitrogens with zero attached hydrogens (tertiary/aromatic N) is 1. The van der Waals surface area contributed by atoms with Gasteiger partial charge in [-0.05, 0) is 44.9 Å². The van der Waals surface area contributed by atoms with Crippen molar-refractivity contribution in [1.29, 1.82) is 0 Å². The van der Waals surface area contributed by atoms with E-state index in [4.69, 9.17) is 4.74 Å². The molecule has 1 N–H and O–H groups in total. The van der Waals surface area contributed by atoms with Gasteiger partial charge >= 0.3 is 0 Å². The van der Waals surface area contributed by atoms with Crippen LogP contribution in [0.1, 0.15) is 39.0 Å². The fraction of sp³-hybridized carbons (Fsp3) is 0.857. The van der Waals surface area contributed by atoms with Crippen LogP contribution in [0, 0.1) is 5.92 Å². The van der Waals surface area contributed by atoms with Crippen LogP contribution in [0.3, 0.4) is 0 Å². The predicted molar refractivity (Wildman–Crippen MR) is 67.3 cm³/mol. The highest BCUT2D eigenvalue weighted by atomic mass is 16.5. The first kappa shape index (κ1) is 11.7. The van der Waals surface area contributed by atoms with Gasteiger partial charge in [0, 0.05) is 0 Å². The van der Waals surface area contributed by atoms with Crippen LogP contribution < -0.4 is 5.32 Å². The maximum absolute atomic E-state index is 12.8. The van der Waals surface area contributed by atoms with E-state index < -0.39 is 5.54 Å². The zero-order valence-corrected chi connectivity index (χ0v) is 11.2. The fourth-order valence-corrected chi connectivity index (χ4v) is 4.05. The molecule has 5 heteroatoms. The molecule has 4 aliphatic rings. The second kappa shape index (κ2) is 3.72. The smallest absolute Gasteiger partial charge is 0.249 e. The van der Waals surface area contributed by atoms with Crippen molar-refractivity contribution in [2.45, 2.75) is 62.8 Å². The van der Waals surface area contributed by atoms with Crippen molar-refractivity contribution in [3.05, 3.63) is 0 Å². The molecule has 4 rings (SSSR count). The third kappa shape index (κ3) is 1.64. The Hall–Kier alpha value is -1.10. The first-order valence-electron chi connectivity index (χ1n) is 7.35. The molecule has 4 unspecified atom stereocenters. The van der Waals surface area contributed by atoms with Gasteiger partial charge in [0.15, 0.2) is 0 Å². The summed E-state index contributed by atoms with van der Waals surface area (Å²) >= 11 is 0. The van der Waals surface area contributed by atoms with Crippen molar-refractivity contribution in [2.24, 2.45) is 5.92 Å². The molecule has 0 aromatic heterocycles. The summed E-state index contributed by atoms with van der Waals surface area (Å²) in [5, 5.41) is 2.93. The average molecular weight is 264 g/mol. The Labute approximate surface area is 112 Å². The molecule has 3 heterocycles. The summed E-state index contributed by atoms with van der Waals surface area (Å²) < 4.78 is 5.84. The third-order valence-corrected chi connectivity index (χ3v) is 5.29. The Bertz CT molecular complexity index is 448. The maximum Gasteiger partial charge on any atom is 0.249 e. The highest BCUT2D eigenvalue weighted by Gasteiger charge is 2.56. The number of hydrogen-bond acceptors (Lipinski definition) is 3. The fourth-order valence-electron chi connectivity index (χ4n) is 4.05. The molecule has 104 valence electrons. The molecular weight excluding hydrogens is 244 g/mol. The van der Waals surface area contributed by atoms with Gasteiger partial charge < -0.3 is 15.0 Å². The minimum Gasteiger partial charge on any atom is -0.373 e. The van der Waals surface area contributed by atoms with E-state index in [-0.39, 0.29) is 30.5 Å². The first-order valence-corrected chi connectivity index (χ1v) is 7.35. The second-order valence-corrected chi connectivity index (χ2v) is 6.63. The van der Waals surface area contributed by atoms with Crippen molar-refractivity contribution >= 4 is 11.8 Å². The number of fused-ring (bicyclic) bond motifs is 2. The molecule has 3 saturated heterocycles. The zero-order valence-electron chi connectivity index (χ0n) is 11.2. The van der Waals surface area contributed by atoms with E-state index in [1.165, 1.54) is 0 Å². The number of rotatable bonds is 2. The summed E-state index contributed by atoms with van der Waals surface area (Å²) in [7, 11) is 0. The number of nitrogens with one attached hydrogen (secondary N) is 1. The molecule has 0 radical (unpaired) electrons. The second-order valence-electron chi connectivity index (χ2n) is 6.63. The van der Waals surface area contributed by atoms with Crippen LogP contribution in [0.15, 0.2) is 0 Å². The zero-order chi connectivity index (χ0) is 13.2. The molecule has 0 spiro atoms. The molecule has 4 atom stereocenters. The monoisotopic (exact) mass is 264 g/mol. The SMILES string of the molecule is CC1(C2CC2)NC(=O)CN(C2CC3CCC2O3)C1=O. The first-order chi connectivity index (χ1) is 9.08. The largest absolute Gasteiger partial charge is 0.373 e. The van der Waals surface area contributed by atoms with Crippen LogP contribution in [-0.4, -0.2) is 47.0 Å². The van der Waals surface area contributed by atoms with Gasteiger partial charge in [-0.25, -0.2) is 0 Å². The molecule has 19 heavy (non-hydrogen) atoms. The van der Waals surface area contributed by atoms with Crippen LogP contribution in [0.25, 0.3) is 0 Å². The summed E-state index contributed by atoms with van der Waals surface area (Å²) in [4.78, 5) is 26.6. The van der Waals surface area contributed by atoms with Crippen molar-refractivity contribution in [2.75, 3.05) is 6.54 Å². The summed E-state index contributed by atoms with van der Waals surface area (Å²) in [5.74, 6) is 0.416. The normalized spacial score (nSPS) is 45.7. The molecule has 1 aliphatic carbocycles. The Morgan fingerprint density at radius 2 is 2.05 bits per heavy atom. The minimum absolute atomic E-state index is 0.0169. The molecule has 2 amide bonds. The molecular formula is C14H20N2O3. The van der Waals surface area contributed by atoms with E-state index >= 15 is 0 Å². The number of carbonyl (C=O) groups is 2. The lowest BCUT2D eigenvalue weighted by atomic mass is 9.87.